The van der Waals surface area contributed by atoms with Gasteiger partial charge in [-0.15, -0.1) is 0 Å². The molecule has 3 nitrogen and oxygen atoms in total. The van der Waals surface area contributed by atoms with Gasteiger partial charge in [-0.05, 0) is 36.2 Å². The Hall–Kier alpha value is -2.41. The predicted octanol–water partition coefficient (Wildman–Crippen LogP) is 3.32. The lowest BCUT2D eigenvalue weighted by Gasteiger charge is -2.33. The predicted molar refractivity (Wildman–Crippen MR) is 80.6 cm³/mol. The number of alkyl halides is 2. The Labute approximate surface area is 135 Å². The van der Waals surface area contributed by atoms with Gasteiger partial charge in [-0.25, -0.2) is 17.6 Å². The van der Waals surface area contributed by atoms with Gasteiger partial charge in [-0.2, -0.15) is 0 Å². The van der Waals surface area contributed by atoms with E-state index in [0.29, 0.717) is 5.56 Å². The van der Waals surface area contributed by atoms with Crippen LogP contribution in [0.4, 0.5) is 23.2 Å². The van der Waals surface area contributed by atoms with Crippen LogP contribution >= 0.6 is 0 Å². The van der Waals surface area contributed by atoms with Crippen molar-refractivity contribution >= 4 is 11.6 Å². The number of nitrogens with two attached hydrogens (primary N) is 1. The van der Waals surface area contributed by atoms with Crippen molar-refractivity contribution < 1.29 is 22.4 Å². The molecule has 0 bridgehead atoms. The maximum Gasteiger partial charge on any atom is 0.263 e. The molecule has 1 heterocycles. The van der Waals surface area contributed by atoms with Gasteiger partial charge in [0.1, 0.15) is 11.6 Å². The minimum Gasteiger partial charge on any atom is -0.320 e. The number of rotatable bonds is 3. The zero-order valence-corrected chi connectivity index (χ0v) is 12.5. The lowest BCUT2D eigenvalue weighted by Crippen LogP contribution is -2.48. The van der Waals surface area contributed by atoms with E-state index in [1.165, 1.54) is 12.1 Å². The normalized spacial score (nSPS) is 17.3. The number of nitrogens with zero attached hydrogens (tertiary/aromatic N) is 1. The van der Waals surface area contributed by atoms with E-state index in [1.807, 2.05) is 0 Å². The summed E-state index contributed by atoms with van der Waals surface area (Å²) >= 11 is 0. The van der Waals surface area contributed by atoms with Crippen molar-refractivity contribution in [2.24, 2.45) is 5.73 Å². The van der Waals surface area contributed by atoms with Crippen LogP contribution in [0.5, 0.6) is 0 Å². The Morgan fingerprint density at radius 3 is 2.62 bits per heavy atom. The van der Waals surface area contributed by atoms with E-state index in [-0.39, 0.29) is 29.8 Å². The monoisotopic (exact) mass is 338 g/mol. The number of carbonyl (C=O) groups is 1. The summed E-state index contributed by atoms with van der Waals surface area (Å²) in [5.41, 5.74) is 6.30. The second-order valence-electron chi connectivity index (χ2n) is 5.66. The number of hydrogen-bond donors (Lipinski definition) is 1. The smallest absolute Gasteiger partial charge is 0.263 e. The highest BCUT2D eigenvalue weighted by Gasteiger charge is 2.31. The average molecular weight is 338 g/mol. The lowest BCUT2D eigenvalue weighted by atomic mass is 9.96. The molecule has 0 saturated heterocycles. The molecule has 7 heteroatoms. The molecule has 2 aromatic carbocycles. The molecule has 2 N–H and O–H groups in total. The van der Waals surface area contributed by atoms with Crippen LogP contribution in [0.3, 0.4) is 0 Å². The van der Waals surface area contributed by atoms with Crippen molar-refractivity contribution in [1.82, 2.24) is 0 Å². The van der Waals surface area contributed by atoms with Crippen LogP contribution in [-0.4, -0.2) is 11.9 Å². The van der Waals surface area contributed by atoms with Gasteiger partial charge < -0.3 is 10.6 Å². The Kier molecular flexibility index (Phi) is 4.28. The third-order valence-electron chi connectivity index (χ3n) is 4.01. The van der Waals surface area contributed by atoms with Crippen molar-refractivity contribution in [2.45, 2.75) is 25.4 Å². The van der Waals surface area contributed by atoms with Gasteiger partial charge in [0.25, 0.3) is 6.43 Å². The molecule has 24 heavy (non-hydrogen) atoms. The van der Waals surface area contributed by atoms with Crippen molar-refractivity contribution in [2.75, 3.05) is 4.90 Å². The summed E-state index contributed by atoms with van der Waals surface area (Å²) in [5.74, 6) is -1.77. The molecular weight excluding hydrogens is 324 g/mol. The quantitative estimate of drug-likeness (QED) is 0.873. The summed E-state index contributed by atoms with van der Waals surface area (Å²) in [7, 11) is 0. The highest BCUT2D eigenvalue weighted by Crippen LogP contribution is 2.31. The number of anilines is 1. The summed E-state index contributed by atoms with van der Waals surface area (Å²) in [5, 5.41) is 0. The summed E-state index contributed by atoms with van der Waals surface area (Å²) in [4.78, 5) is 13.5. The van der Waals surface area contributed by atoms with E-state index in [2.05, 4.69) is 0 Å². The molecule has 2 aromatic rings. The van der Waals surface area contributed by atoms with Crippen LogP contribution in [0, 0.1) is 11.6 Å². The number of fused-ring (bicyclic) bond motifs is 1. The van der Waals surface area contributed by atoms with Gasteiger partial charge in [0.05, 0.1) is 18.3 Å². The largest absolute Gasteiger partial charge is 0.320 e. The number of benzene rings is 2. The second-order valence-corrected chi connectivity index (χ2v) is 5.66. The molecule has 0 saturated carbocycles. The Bertz CT molecular complexity index is 794. The van der Waals surface area contributed by atoms with Crippen molar-refractivity contribution in [3.63, 3.8) is 0 Å². The molecule has 0 fully saturated rings. The van der Waals surface area contributed by atoms with E-state index >= 15 is 0 Å². The Morgan fingerprint density at radius 1 is 1.17 bits per heavy atom. The molecule has 0 spiro atoms. The third-order valence-corrected chi connectivity index (χ3v) is 4.01. The highest BCUT2D eigenvalue weighted by molar-refractivity contribution is 6.00. The van der Waals surface area contributed by atoms with E-state index in [4.69, 9.17) is 5.73 Å². The molecule has 0 radical (unpaired) electrons. The number of carbonyl (C=O) groups excluding carboxylic acids is 1. The van der Waals surface area contributed by atoms with Gasteiger partial charge in [0, 0.05) is 11.1 Å². The van der Waals surface area contributed by atoms with Crippen LogP contribution in [0.1, 0.15) is 23.1 Å². The SMILES string of the molecule is N[C@@H]1Cc2ccc(F)cc2N(Cc2cc(C(F)F)ccc2F)C1=O. The fraction of sp³-hybridized carbons (Fsp3) is 0.235. The average Bonchev–Trinajstić information content (AvgIpc) is 2.54. The van der Waals surface area contributed by atoms with Crippen LogP contribution in [0.25, 0.3) is 0 Å². The Morgan fingerprint density at radius 2 is 1.92 bits per heavy atom. The molecule has 1 aliphatic heterocycles. The first-order valence-corrected chi connectivity index (χ1v) is 7.28. The molecule has 0 aliphatic carbocycles. The number of hydrogen-bond acceptors (Lipinski definition) is 2. The molecular formula is C17H14F4N2O. The third kappa shape index (κ3) is 2.99. The molecule has 0 aromatic heterocycles. The summed E-state index contributed by atoms with van der Waals surface area (Å²) in [6.45, 7) is -0.296. The first-order chi connectivity index (χ1) is 11.4. The van der Waals surface area contributed by atoms with Gasteiger partial charge >= 0.3 is 0 Å². The zero-order valence-electron chi connectivity index (χ0n) is 12.5. The van der Waals surface area contributed by atoms with Gasteiger partial charge in [0.15, 0.2) is 0 Å². The molecule has 1 amide bonds. The fourth-order valence-electron chi connectivity index (χ4n) is 2.79. The second kappa shape index (κ2) is 6.24. The zero-order chi connectivity index (χ0) is 17.4. The number of amides is 1. The molecule has 1 aliphatic rings. The standard InChI is InChI=1S/C17H14F4N2O/c18-12-3-1-9-6-14(22)17(24)23(15(9)7-12)8-11-5-10(16(20)21)2-4-13(11)19/h1-5,7,14,16H,6,8,22H2/t14-/m1/s1. The highest BCUT2D eigenvalue weighted by atomic mass is 19.3. The minimum absolute atomic E-state index is 0.0783. The van der Waals surface area contributed by atoms with Crippen LogP contribution in [-0.2, 0) is 17.8 Å². The summed E-state index contributed by atoms with van der Waals surface area (Å²) in [6, 6.07) is 6.00. The van der Waals surface area contributed by atoms with Gasteiger partial charge in [-0.1, -0.05) is 12.1 Å². The van der Waals surface area contributed by atoms with E-state index < -0.39 is 30.0 Å². The number of halogens is 4. The topological polar surface area (TPSA) is 46.3 Å². The van der Waals surface area contributed by atoms with Crippen molar-refractivity contribution in [3.8, 4) is 0 Å². The Balaban J connectivity index is 2.02. The van der Waals surface area contributed by atoms with Crippen molar-refractivity contribution in [3.05, 3.63) is 64.7 Å². The molecule has 1 atom stereocenters. The maximum atomic E-state index is 14.0. The first-order valence-electron chi connectivity index (χ1n) is 7.28. The first kappa shape index (κ1) is 16.4. The summed E-state index contributed by atoms with van der Waals surface area (Å²) in [6.07, 6.45) is -2.52. The molecule has 3 rings (SSSR count). The summed E-state index contributed by atoms with van der Waals surface area (Å²) < 4.78 is 53.1. The fourth-order valence-corrected chi connectivity index (χ4v) is 2.79. The van der Waals surface area contributed by atoms with E-state index in [1.54, 1.807) is 0 Å². The van der Waals surface area contributed by atoms with Crippen LogP contribution < -0.4 is 10.6 Å². The lowest BCUT2D eigenvalue weighted by molar-refractivity contribution is -0.120. The maximum absolute atomic E-state index is 14.0. The van der Waals surface area contributed by atoms with Gasteiger partial charge in [0.2, 0.25) is 5.91 Å². The van der Waals surface area contributed by atoms with E-state index in [9.17, 15) is 22.4 Å². The van der Waals surface area contributed by atoms with Crippen molar-refractivity contribution in [1.29, 1.82) is 0 Å². The molecule has 0 unspecified atom stereocenters. The van der Waals surface area contributed by atoms with Crippen LogP contribution in [0.15, 0.2) is 36.4 Å². The van der Waals surface area contributed by atoms with Gasteiger partial charge in [-0.3, -0.25) is 4.79 Å². The molecule has 126 valence electrons. The minimum atomic E-state index is -2.76. The van der Waals surface area contributed by atoms with E-state index in [0.717, 1.165) is 29.2 Å². The van der Waals surface area contributed by atoms with Crippen LogP contribution in [0.2, 0.25) is 0 Å².